The van der Waals surface area contributed by atoms with Crippen LogP contribution in [0.15, 0.2) is 29.4 Å². The van der Waals surface area contributed by atoms with Gasteiger partial charge in [0, 0.05) is 5.56 Å². The number of alkyl halides is 3. The standard InChI is InChI=1S/C14H18F3NO4S/c1-3-9-21-12-7-5-11(6-8-12)13(14(15,16)17)18-22-23(19,20)10-4-2/h5-8H,3-4,9-10H2,1-2H3. The van der Waals surface area contributed by atoms with E-state index in [1.807, 2.05) is 6.92 Å². The average molecular weight is 353 g/mol. The SMILES string of the molecule is CCCOc1ccc(C(=NOS(=O)(=O)CCC)C(F)(F)F)cc1. The lowest BCUT2D eigenvalue weighted by atomic mass is 10.1. The fraction of sp³-hybridized carbons (Fsp3) is 0.500. The molecule has 0 aliphatic rings. The van der Waals surface area contributed by atoms with Crippen LogP contribution in [0.5, 0.6) is 5.75 Å². The van der Waals surface area contributed by atoms with Gasteiger partial charge in [-0.1, -0.05) is 19.0 Å². The minimum Gasteiger partial charge on any atom is -0.494 e. The number of benzene rings is 1. The zero-order chi connectivity index (χ0) is 17.5. The first-order valence-electron chi connectivity index (χ1n) is 6.99. The topological polar surface area (TPSA) is 65.0 Å². The van der Waals surface area contributed by atoms with E-state index in [2.05, 4.69) is 9.44 Å². The predicted octanol–water partition coefficient (Wildman–Crippen LogP) is 3.50. The Kier molecular flexibility index (Phi) is 6.86. The molecule has 130 valence electrons. The maximum absolute atomic E-state index is 13.0. The van der Waals surface area contributed by atoms with Crippen molar-refractivity contribution >= 4 is 15.8 Å². The van der Waals surface area contributed by atoms with Crippen molar-refractivity contribution in [3.05, 3.63) is 29.8 Å². The van der Waals surface area contributed by atoms with Crippen molar-refractivity contribution in [1.82, 2.24) is 0 Å². The normalized spacial score (nSPS) is 13.0. The molecule has 1 aromatic rings. The Hall–Kier alpha value is -1.77. The van der Waals surface area contributed by atoms with Crippen molar-refractivity contribution in [3.8, 4) is 5.75 Å². The van der Waals surface area contributed by atoms with Gasteiger partial charge in [0.25, 0.3) is 0 Å². The van der Waals surface area contributed by atoms with Gasteiger partial charge >= 0.3 is 16.3 Å². The van der Waals surface area contributed by atoms with E-state index in [1.165, 1.54) is 12.1 Å². The maximum Gasteiger partial charge on any atom is 0.437 e. The van der Waals surface area contributed by atoms with Crippen LogP contribution in [0.3, 0.4) is 0 Å². The van der Waals surface area contributed by atoms with Crippen LogP contribution in [0.25, 0.3) is 0 Å². The predicted molar refractivity (Wildman–Crippen MR) is 80.0 cm³/mol. The Morgan fingerprint density at radius 1 is 1.13 bits per heavy atom. The summed E-state index contributed by atoms with van der Waals surface area (Å²) in [6, 6.07) is 5.00. The summed E-state index contributed by atoms with van der Waals surface area (Å²) in [5.74, 6) is 0.00229. The Bertz CT molecular complexity index is 624. The van der Waals surface area contributed by atoms with Gasteiger partial charge < -0.3 is 4.74 Å². The van der Waals surface area contributed by atoms with Gasteiger partial charge in [-0.15, -0.1) is 0 Å². The fourth-order valence-electron chi connectivity index (χ4n) is 1.58. The number of halogens is 3. The minimum absolute atomic E-state index is 0.211. The molecule has 0 saturated heterocycles. The Balaban J connectivity index is 3.03. The van der Waals surface area contributed by atoms with Gasteiger partial charge in [0.05, 0.1) is 12.4 Å². The van der Waals surface area contributed by atoms with Gasteiger partial charge in [0.1, 0.15) is 5.75 Å². The third kappa shape index (κ3) is 6.47. The van der Waals surface area contributed by atoms with Gasteiger partial charge in [0.2, 0.25) is 0 Å². The molecule has 5 nitrogen and oxygen atoms in total. The molecule has 0 aliphatic carbocycles. The summed E-state index contributed by atoms with van der Waals surface area (Å²) >= 11 is 0. The Labute approximate surface area is 133 Å². The van der Waals surface area contributed by atoms with E-state index in [4.69, 9.17) is 4.74 Å². The molecule has 0 spiro atoms. The fourth-order valence-corrected chi connectivity index (χ4v) is 2.34. The van der Waals surface area contributed by atoms with E-state index in [0.717, 1.165) is 18.6 Å². The molecule has 23 heavy (non-hydrogen) atoms. The Morgan fingerprint density at radius 3 is 2.22 bits per heavy atom. The molecule has 1 rings (SSSR count). The molecule has 0 aromatic heterocycles. The Morgan fingerprint density at radius 2 is 1.74 bits per heavy atom. The molecule has 1 aromatic carbocycles. The van der Waals surface area contributed by atoms with Crippen LogP contribution in [0.1, 0.15) is 32.3 Å². The molecule has 0 amide bonds. The molecule has 0 N–H and O–H groups in total. The van der Waals surface area contributed by atoms with Gasteiger partial charge in [-0.2, -0.15) is 21.6 Å². The molecule has 0 saturated carbocycles. The molecule has 0 radical (unpaired) electrons. The van der Waals surface area contributed by atoms with E-state index in [-0.39, 0.29) is 12.0 Å². The second-order valence-corrected chi connectivity index (χ2v) is 6.32. The molecular formula is C14H18F3NO4S. The maximum atomic E-state index is 13.0. The van der Waals surface area contributed by atoms with Gasteiger partial charge in [-0.3, -0.25) is 4.28 Å². The van der Waals surface area contributed by atoms with Gasteiger partial charge in [0.15, 0.2) is 5.71 Å². The summed E-state index contributed by atoms with van der Waals surface area (Å²) in [6.07, 6.45) is -3.88. The summed E-state index contributed by atoms with van der Waals surface area (Å²) in [6.45, 7) is 3.90. The van der Waals surface area contributed by atoms with Crippen LogP contribution in [0.4, 0.5) is 13.2 Å². The lowest BCUT2D eigenvalue weighted by Gasteiger charge is -2.11. The second kappa shape index (κ2) is 8.19. The summed E-state index contributed by atoms with van der Waals surface area (Å²) in [5.41, 5.74) is -1.73. The van der Waals surface area contributed by atoms with Crippen LogP contribution in [-0.2, 0) is 14.4 Å². The first kappa shape index (κ1) is 19.3. The summed E-state index contributed by atoms with van der Waals surface area (Å²) in [7, 11) is -4.13. The lowest BCUT2D eigenvalue weighted by molar-refractivity contribution is -0.0597. The van der Waals surface area contributed by atoms with Gasteiger partial charge in [-0.05, 0) is 37.1 Å². The van der Waals surface area contributed by atoms with Crippen molar-refractivity contribution in [2.24, 2.45) is 5.16 Å². The van der Waals surface area contributed by atoms with E-state index in [0.29, 0.717) is 12.4 Å². The number of nitrogens with zero attached hydrogens (tertiary/aromatic N) is 1. The van der Waals surface area contributed by atoms with Crippen molar-refractivity contribution in [2.45, 2.75) is 32.9 Å². The molecule has 0 atom stereocenters. The van der Waals surface area contributed by atoms with Gasteiger partial charge in [-0.25, -0.2) is 0 Å². The number of hydrogen-bond acceptors (Lipinski definition) is 5. The van der Waals surface area contributed by atoms with E-state index >= 15 is 0 Å². The van der Waals surface area contributed by atoms with Crippen LogP contribution in [0.2, 0.25) is 0 Å². The zero-order valence-corrected chi connectivity index (χ0v) is 13.6. The van der Waals surface area contributed by atoms with E-state index in [1.54, 1.807) is 6.92 Å². The van der Waals surface area contributed by atoms with Crippen molar-refractivity contribution in [3.63, 3.8) is 0 Å². The zero-order valence-electron chi connectivity index (χ0n) is 12.8. The highest BCUT2D eigenvalue weighted by Crippen LogP contribution is 2.24. The van der Waals surface area contributed by atoms with Crippen LogP contribution in [-0.4, -0.2) is 32.7 Å². The number of rotatable bonds is 8. The third-order valence-electron chi connectivity index (χ3n) is 2.57. The highest BCUT2D eigenvalue weighted by Gasteiger charge is 2.38. The molecule has 0 heterocycles. The van der Waals surface area contributed by atoms with Crippen molar-refractivity contribution in [1.29, 1.82) is 0 Å². The molecule has 0 unspecified atom stereocenters. The quantitative estimate of drug-likeness (QED) is 0.530. The average Bonchev–Trinajstić information content (AvgIpc) is 2.45. The monoisotopic (exact) mass is 353 g/mol. The molecule has 0 bridgehead atoms. The molecule has 0 fully saturated rings. The number of ether oxygens (including phenoxy) is 1. The third-order valence-corrected chi connectivity index (χ3v) is 3.78. The second-order valence-electron chi connectivity index (χ2n) is 4.65. The molecular weight excluding hydrogens is 335 g/mol. The van der Waals surface area contributed by atoms with Crippen LogP contribution < -0.4 is 4.74 Å². The molecule has 9 heteroatoms. The van der Waals surface area contributed by atoms with Crippen molar-refractivity contribution in [2.75, 3.05) is 12.4 Å². The number of oxime groups is 1. The lowest BCUT2D eigenvalue weighted by Crippen LogP contribution is -2.25. The van der Waals surface area contributed by atoms with Crippen molar-refractivity contribution < 1.29 is 30.6 Å². The number of hydrogen-bond donors (Lipinski definition) is 0. The summed E-state index contributed by atoms with van der Waals surface area (Å²) in [4.78, 5) is 0. The smallest absolute Gasteiger partial charge is 0.437 e. The highest BCUT2D eigenvalue weighted by atomic mass is 32.2. The summed E-state index contributed by atoms with van der Waals surface area (Å²) < 4.78 is 71.2. The first-order valence-corrected chi connectivity index (χ1v) is 8.57. The highest BCUT2D eigenvalue weighted by molar-refractivity contribution is 7.86. The summed E-state index contributed by atoms with van der Waals surface area (Å²) in [5, 5.41) is 2.81. The van der Waals surface area contributed by atoms with Crippen LogP contribution >= 0.6 is 0 Å². The largest absolute Gasteiger partial charge is 0.494 e. The van der Waals surface area contributed by atoms with E-state index in [9.17, 15) is 21.6 Å². The molecule has 0 aliphatic heterocycles. The van der Waals surface area contributed by atoms with Crippen LogP contribution in [0, 0.1) is 0 Å². The van der Waals surface area contributed by atoms with E-state index < -0.39 is 27.8 Å². The first-order chi connectivity index (χ1) is 10.7. The minimum atomic E-state index is -4.85.